The van der Waals surface area contributed by atoms with Crippen LogP contribution in [0.5, 0.6) is 0 Å². The molecule has 2 rings (SSSR count). The van der Waals surface area contributed by atoms with Gasteiger partial charge in [-0.05, 0) is 18.2 Å². The molecular weight excluding hydrogens is 256 g/mol. The van der Waals surface area contributed by atoms with Gasteiger partial charge in [-0.3, -0.25) is 4.79 Å². The number of thiol groups is 1. The van der Waals surface area contributed by atoms with E-state index in [0.717, 1.165) is 11.3 Å². The summed E-state index contributed by atoms with van der Waals surface area (Å²) in [6.07, 6.45) is 0. The second-order valence-corrected chi connectivity index (χ2v) is 4.40. The van der Waals surface area contributed by atoms with Crippen molar-refractivity contribution < 1.29 is 0 Å². The first-order valence-corrected chi connectivity index (χ1v) is 6.07. The summed E-state index contributed by atoms with van der Waals surface area (Å²) in [5.74, 6) is 0.399. The summed E-state index contributed by atoms with van der Waals surface area (Å²) in [7, 11) is 1.63. The van der Waals surface area contributed by atoms with Gasteiger partial charge in [0.2, 0.25) is 0 Å². The molecule has 0 amide bonds. The highest BCUT2D eigenvalue weighted by atomic mass is 35.5. The predicted octanol–water partition coefficient (Wildman–Crippen LogP) is 2.53. The van der Waals surface area contributed by atoms with E-state index in [-0.39, 0.29) is 5.56 Å². The number of halogens is 1. The second-order valence-electron chi connectivity index (χ2n) is 3.65. The summed E-state index contributed by atoms with van der Waals surface area (Å²) in [4.78, 5) is 11.7. The number of nitrogens with zero attached hydrogens (tertiary/aromatic N) is 2. The minimum atomic E-state index is -0.113. The second kappa shape index (κ2) is 4.94. The Bertz CT molecular complexity index is 592. The van der Waals surface area contributed by atoms with Crippen LogP contribution in [0.3, 0.4) is 0 Å². The van der Waals surface area contributed by atoms with Gasteiger partial charge in [0, 0.05) is 29.0 Å². The van der Waals surface area contributed by atoms with E-state index in [1.54, 1.807) is 25.2 Å². The fraction of sp³-hybridized carbons (Fsp3) is 0.167. The lowest BCUT2D eigenvalue weighted by Gasteiger charge is -2.06. The van der Waals surface area contributed by atoms with Crippen LogP contribution < -0.4 is 5.56 Å². The third-order valence-electron chi connectivity index (χ3n) is 2.45. The maximum absolute atomic E-state index is 11.7. The van der Waals surface area contributed by atoms with Crippen LogP contribution in [0.2, 0.25) is 5.02 Å². The largest absolute Gasteiger partial charge is 0.270 e. The summed E-state index contributed by atoms with van der Waals surface area (Å²) >= 11 is 9.97. The molecule has 0 atom stereocenters. The number of aromatic nitrogens is 2. The van der Waals surface area contributed by atoms with Crippen molar-refractivity contribution in [2.75, 3.05) is 0 Å². The first-order chi connectivity index (χ1) is 8.11. The predicted molar refractivity (Wildman–Crippen MR) is 72.6 cm³/mol. The van der Waals surface area contributed by atoms with Crippen LogP contribution in [0.1, 0.15) is 5.56 Å². The van der Waals surface area contributed by atoms with Crippen molar-refractivity contribution in [2.45, 2.75) is 5.75 Å². The van der Waals surface area contributed by atoms with Crippen molar-refractivity contribution in [3.05, 3.63) is 51.3 Å². The zero-order valence-corrected chi connectivity index (χ0v) is 10.9. The molecule has 1 aromatic carbocycles. The molecule has 3 nitrogen and oxygen atoms in total. The van der Waals surface area contributed by atoms with E-state index in [1.165, 1.54) is 4.68 Å². The van der Waals surface area contributed by atoms with E-state index in [0.29, 0.717) is 16.3 Å². The zero-order valence-electron chi connectivity index (χ0n) is 9.22. The van der Waals surface area contributed by atoms with Crippen LogP contribution in [0.4, 0.5) is 0 Å². The highest BCUT2D eigenvalue weighted by molar-refractivity contribution is 7.79. The standard InChI is InChI=1S/C12H11ClN2OS/c1-15-12(16)9(7-17)6-11(14-15)8-2-4-10(13)5-3-8/h2-6,17H,7H2,1H3. The van der Waals surface area contributed by atoms with E-state index < -0.39 is 0 Å². The van der Waals surface area contributed by atoms with Crippen molar-refractivity contribution in [3.63, 3.8) is 0 Å². The Balaban J connectivity index is 2.56. The van der Waals surface area contributed by atoms with Gasteiger partial charge in [-0.1, -0.05) is 23.7 Å². The normalized spacial score (nSPS) is 10.5. The smallest absolute Gasteiger partial charge is 0.267 e. The minimum Gasteiger partial charge on any atom is -0.267 e. The molecule has 0 aliphatic heterocycles. The van der Waals surface area contributed by atoms with Gasteiger partial charge in [0.25, 0.3) is 5.56 Å². The topological polar surface area (TPSA) is 34.9 Å². The lowest BCUT2D eigenvalue weighted by atomic mass is 10.1. The molecule has 17 heavy (non-hydrogen) atoms. The molecular formula is C12H11ClN2OS. The summed E-state index contributed by atoms with van der Waals surface area (Å²) < 4.78 is 1.33. The van der Waals surface area contributed by atoms with Crippen LogP contribution in [0, 0.1) is 0 Å². The van der Waals surface area contributed by atoms with Gasteiger partial charge in [0.15, 0.2) is 0 Å². The van der Waals surface area contributed by atoms with Gasteiger partial charge in [0.05, 0.1) is 5.69 Å². The molecule has 0 aliphatic carbocycles. The van der Waals surface area contributed by atoms with E-state index in [9.17, 15) is 4.79 Å². The highest BCUT2D eigenvalue weighted by Gasteiger charge is 2.06. The Labute approximate surface area is 109 Å². The lowest BCUT2D eigenvalue weighted by molar-refractivity contribution is 0.704. The van der Waals surface area contributed by atoms with Gasteiger partial charge in [-0.15, -0.1) is 0 Å². The molecule has 0 unspecified atom stereocenters. The number of aryl methyl sites for hydroxylation is 1. The van der Waals surface area contributed by atoms with Gasteiger partial charge in [-0.2, -0.15) is 17.7 Å². The molecule has 0 spiro atoms. The van der Waals surface area contributed by atoms with Crippen LogP contribution >= 0.6 is 24.2 Å². The first-order valence-electron chi connectivity index (χ1n) is 5.06. The van der Waals surface area contributed by atoms with Gasteiger partial charge in [-0.25, -0.2) is 4.68 Å². The molecule has 0 aliphatic rings. The molecule has 0 bridgehead atoms. The highest BCUT2D eigenvalue weighted by Crippen LogP contribution is 2.19. The molecule has 2 aromatic rings. The fourth-order valence-corrected chi connectivity index (χ4v) is 1.90. The molecule has 0 radical (unpaired) electrons. The van der Waals surface area contributed by atoms with Crippen LogP contribution in [-0.2, 0) is 12.8 Å². The Morgan fingerprint density at radius 2 is 2.00 bits per heavy atom. The summed E-state index contributed by atoms with van der Waals surface area (Å²) in [6.45, 7) is 0. The maximum atomic E-state index is 11.7. The lowest BCUT2D eigenvalue weighted by Crippen LogP contribution is -2.23. The molecule has 1 aromatic heterocycles. The summed E-state index contributed by atoms with van der Waals surface area (Å²) in [6, 6.07) is 9.10. The van der Waals surface area contributed by atoms with Crippen LogP contribution in [-0.4, -0.2) is 9.78 Å². The van der Waals surface area contributed by atoms with Gasteiger partial charge < -0.3 is 0 Å². The van der Waals surface area contributed by atoms with Crippen LogP contribution in [0.15, 0.2) is 35.1 Å². The zero-order chi connectivity index (χ0) is 12.4. The Morgan fingerprint density at radius 1 is 1.35 bits per heavy atom. The number of rotatable bonds is 2. The van der Waals surface area contributed by atoms with Gasteiger partial charge >= 0.3 is 0 Å². The Morgan fingerprint density at radius 3 is 2.59 bits per heavy atom. The third kappa shape index (κ3) is 2.53. The molecule has 0 N–H and O–H groups in total. The number of hydrogen-bond acceptors (Lipinski definition) is 3. The minimum absolute atomic E-state index is 0.113. The summed E-state index contributed by atoms with van der Waals surface area (Å²) in [5.41, 5.74) is 2.19. The van der Waals surface area contributed by atoms with Crippen molar-refractivity contribution >= 4 is 24.2 Å². The van der Waals surface area contributed by atoms with Crippen molar-refractivity contribution in [3.8, 4) is 11.3 Å². The maximum Gasteiger partial charge on any atom is 0.270 e. The van der Waals surface area contributed by atoms with E-state index in [4.69, 9.17) is 11.6 Å². The fourth-order valence-electron chi connectivity index (χ4n) is 1.55. The van der Waals surface area contributed by atoms with Crippen LogP contribution in [0.25, 0.3) is 11.3 Å². The summed E-state index contributed by atoms with van der Waals surface area (Å²) in [5, 5.41) is 4.88. The van der Waals surface area contributed by atoms with Gasteiger partial charge in [0.1, 0.15) is 0 Å². The van der Waals surface area contributed by atoms with E-state index in [2.05, 4.69) is 17.7 Å². The third-order valence-corrected chi connectivity index (χ3v) is 3.04. The average molecular weight is 267 g/mol. The molecule has 0 saturated carbocycles. The quantitative estimate of drug-likeness (QED) is 0.848. The Kier molecular flexibility index (Phi) is 3.54. The molecule has 1 heterocycles. The number of benzene rings is 1. The molecule has 0 fully saturated rings. The SMILES string of the molecule is Cn1nc(-c2ccc(Cl)cc2)cc(CS)c1=O. The first kappa shape index (κ1) is 12.2. The molecule has 0 saturated heterocycles. The van der Waals surface area contributed by atoms with Crippen molar-refractivity contribution in [2.24, 2.45) is 7.05 Å². The average Bonchev–Trinajstić information content (AvgIpc) is 2.33. The monoisotopic (exact) mass is 266 g/mol. The van der Waals surface area contributed by atoms with Crippen molar-refractivity contribution in [1.82, 2.24) is 9.78 Å². The van der Waals surface area contributed by atoms with E-state index >= 15 is 0 Å². The van der Waals surface area contributed by atoms with Crippen molar-refractivity contribution in [1.29, 1.82) is 0 Å². The Hall–Kier alpha value is -1.26. The van der Waals surface area contributed by atoms with E-state index in [1.807, 2.05) is 12.1 Å². The molecule has 88 valence electrons. The molecule has 5 heteroatoms. The number of hydrogen-bond donors (Lipinski definition) is 1.